The maximum Gasteiger partial charge on any atom is 0.410 e. The zero-order valence-corrected chi connectivity index (χ0v) is 16.3. The van der Waals surface area contributed by atoms with Gasteiger partial charge in [-0.05, 0) is 24.5 Å². The van der Waals surface area contributed by atoms with Gasteiger partial charge >= 0.3 is 6.09 Å². The Labute approximate surface area is 169 Å². The molecule has 1 amide bonds. The summed E-state index contributed by atoms with van der Waals surface area (Å²) < 4.78 is 16.5. The number of carbonyl (C=O) groups is 2. The van der Waals surface area contributed by atoms with E-state index in [1.54, 1.807) is 30.5 Å². The molecule has 1 aromatic heterocycles. The molecule has 2 aromatic rings. The molecule has 2 fully saturated rings. The Morgan fingerprint density at radius 2 is 1.86 bits per heavy atom. The fraction of sp³-hybridized carbons (Fsp3) is 0.409. The number of hydrogen-bond donors (Lipinski definition) is 0. The summed E-state index contributed by atoms with van der Waals surface area (Å²) in [7, 11) is 1.54. The standard InChI is InChI=1S/C22H24N2O5/c1-27-20-7-8-23-11-19(20)21(25)16-9-17-13-28-14-18(10-16)24(17)22(26)29-12-15-5-3-2-4-6-15/h2-8,11,16-18H,9-10,12-14H2,1H3. The van der Waals surface area contributed by atoms with Crippen molar-refractivity contribution in [3.05, 3.63) is 59.9 Å². The molecule has 2 aliphatic heterocycles. The Morgan fingerprint density at radius 3 is 2.55 bits per heavy atom. The number of ether oxygens (including phenoxy) is 3. The zero-order chi connectivity index (χ0) is 20.2. The second-order valence-electron chi connectivity index (χ2n) is 7.40. The second-order valence-corrected chi connectivity index (χ2v) is 7.40. The number of methoxy groups -OCH3 is 1. The van der Waals surface area contributed by atoms with Gasteiger partial charge in [0.15, 0.2) is 5.78 Å². The summed E-state index contributed by atoms with van der Waals surface area (Å²) in [6, 6.07) is 10.9. The zero-order valence-electron chi connectivity index (χ0n) is 16.3. The SMILES string of the molecule is COc1ccncc1C(=O)C1CC2COCC(C1)N2C(=O)OCc1ccccc1. The van der Waals surface area contributed by atoms with E-state index in [0.29, 0.717) is 37.4 Å². The average molecular weight is 396 g/mol. The van der Waals surface area contributed by atoms with E-state index in [9.17, 15) is 9.59 Å². The number of amides is 1. The fourth-order valence-corrected chi connectivity index (χ4v) is 4.19. The smallest absolute Gasteiger partial charge is 0.410 e. The summed E-state index contributed by atoms with van der Waals surface area (Å²) in [6.45, 7) is 1.04. The van der Waals surface area contributed by atoms with Crippen LogP contribution in [-0.4, -0.2) is 54.2 Å². The molecule has 7 heteroatoms. The van der Waals surface area contributed by atoms with Crippen molar-refractivity contribution in [1.29, 1.82) is 0 Å². The van der Waals surface area contributed by atoms with Gasteiger partial charge in [0.1, 0.15) is 12.4 Å². The van der Waals surface area contributed by atoms with Crippen molar-refractivity contribution in [2.45, 2.75) is 31.5 Å². The molecule has 1 aromatic carbocycles. The summed E-state index contributed by atoms with van der Waals surface area (Å²) in [5, 5.41) is 0. The van der Waals surface area contributed by atoms with E-state index >= 15 is 0 Å². The maximum absolute atomic E-state index is 13.1. The molecule has 152 valence electrons. The molecular weight excluding hydrogens is 372 g/mol. The molecule has 29 heavy (non-hydrogen) atoms. The van der Waals surface area contributed by atoms with Crippen LogP contribution in [0.15, 0.2) is 48.8 Å². The Hall–Kier alpha value is -2.93. The molecule has 0 spiro atoms. The molecule has 2 bridgehead atoms. The number of pyridine rings is 1. The van der Waals surface area contributed by atoms with Crippen LogP contribution >= 0.6 is 0 Å². The van der Waals surface area contributed by atoms with Crippen LogP contribution in [0.3, 0.4) is 0 Å². The first kappa shape index (κ1) is 19.4. The van der Waals surface area contributed by atoms with Crippen LogP contribution < -0.4 is 4.74 Å². The van der Waals surface area contributed by atoms with Crippen LogP contribution in [0, 0.1) is 5.92 Å². The lowest BCUT2D eigenvalue weighted by atomic mass is 9.81. The van der Waals surface area contributed by atoms with E-state index < -0.39 is 0 Å². The van der Waals surface area contributed by atoms with Gasteiger partial charge in [-0.2, -0.15) is 0 Å². The summed E-state index contributed by atoms with van der Waals surface area (Å²) in [6.07, 6.45) is 3.87. The Bertz CT molecular complexity index is 859. The number of carbonyl (C=O) groups excluding carboxylic acids is 2. The molecule has 0 radical (unpaired) electrons. The Kier molecular flexibility index (Phi) is 5.76. The van der Waals surface area contributed by atoms with Crippen molar-refractivity contribution in [2.75, 3.05) is 20.3 Å². The van der Waals surface area contributed by atoms with Gasteiger partial charge < -0.3 is 14.2 Å². The van der Waals surface area contributed by atoms with Crippen molar-refractivity contribution >= 4 is 11.9 Å². The Morgan fingerprint density at radius 1 is 1.14 bits per heavy atom. The molecule has 2 atom stereocenters. The molecule has 2 aliphatic rings. The average Bonchev–Trinajstić information content (AvgIpc) is 2.76. The van der Waals surface area contributed by atoms with E-state index in [1.165, 1.54) is 0 Å². The first-order valence-corrected chi connectivity index (χ1v) is 9.76. The number of hydrogen-bond acceptors (Lipinski definition) is 6. The highest BCUT2D eigenvalue weighted by molar-refractivity contribution is 6.00. The van der Waals surface area contributed by atoms with E-state index in [1.807, 2.05) is 30.3 Å². The van der Waals surface area contributed by atoms with Gasteiger partial charge in [0.2, 0.25) is 0 Å². The topological polar surface area (TPSA) is 78.0 Å². The van der Waals surface area contributed by atoms with Crippen LogP contribution in [0.1, 0.15) is 28.8 Å². The fourth-order valence-electron chi connectivity index (χ4n) is 4.19. The van der Waals surface area contributed by atoms with Gasteiger partial charge in [-0.3, -0.25) is 14.7 Å². The highest BCUT2D eigenvalue weighted by atomic mass is 16.6. The molecular formula is C22H24N2O5. The van der Waals surface area contributed by atoms with Gasteiger partial charge in [-0.1, -0.05) is 30.3 Å². The lowest BCUT2D eigenvalue weighted by molar-refractivity contribution is -0.0755. The summed E-state index contributed by atoms with van der Waals surface area (Å²) in [5.74, 6) is 0.324. The minimum atomic E-state index is -0.350. The third-order valence-electron chi connectivity index (χ3n) is 5.57. The number of rotatable bonds is 5. The first-order valence-electron chi connectivity index (χ1n) is 9.76. The number of ketones is 1. The maximum atomic E-state index is 13.1. The highest BCUT2D eigenvalue weighted by Gasteiger charge is 2.44. The van der Waals surface area contributed by atoms with Crippen molar-refractivity contribution in [1.82, 2.24) is 9.88 Å². The third kappa shape index (κ3) is 4.10. The minimum absolute atomic E-state index is 0.00385. The van der Waals surface area contributed by atoms with Crippen LogP contribution in [-0.2, 0) is 16.1 Å². The van der Waals surface area contributed by atoms with Gasteiger partial charge in [-0.15, -0.1) is 0 Å². The molecule has 2 unspecified atom stereocenters. The van der Waals surface area contributed by atoms with Crippen molar-refractivity contribution < 1.29 is 23.8 Å². The molecule has 0 aliphatic carbocycles. The highest BCUT2D eigenvalue weighted by Crippen LogP contribution is 2.35. The lowest BCUT2D eigenvalue weighted by Crippen LogP contribution is -2.59. The first-order chi connectivity index (χ1) is 14.2. The predicted molar refractivity (Wildman–Crippen MR) is 105 cm³/mol. The number of nitrogens with zero attached hydrogens (tertiary/aromatic N) is 2. The molecule has 3 heterocycles. The molecule has 7 nitrogen and oxygen atoms in total. The number of aromatic nitrogens is 1. The van der Waals surface area contributed by atoms with Crippen LogP contribution in [0.2, 0.25) is 0 Å². The quantitative estimate of drug-likeness (QED) is 0.723. The number of fused-ring (bicyclic) bond motifs is 2. The molecule has 0 N–H and O–H groups in total. The second kappa shape index (κ2) is 8.61. The van der Waals surface area contributed by atoms with E-state index in [4.69, 9.17) is 14.2 Å². The van der Waals surface area contributed by atoms with Gasteiger partial charge in [0, 0.05) is 18.3 Å². The van der Waals surface area contributed by atoms with Crippen LogP contribution in [0.4, 0.5) is 4.79 Å². The van der Waals surface area contributed by atoms with Crippen molar-refractivity contribution in [3.63, 3.8) is 0 Å². The summed E-state index contributed by atoms with van der Waals surface area (Å²) in [5.41, 5.74) is 1.43. The van der Waals surface area contributed by atoms with Crippen LogP contribution in [0.25, 0.3) is 0 Å². The van der Waals surface area contributed by atoms with Gasteiger partial charge in [-0.25, -0.2) is 4.79 Å². The van der Waals surface area contributed by atoms with E-state index in [0.717, 1.165) is 5.56 Å². The molecule has 2 saturated heterocycles. The number of morpholine rings is 1. The lowest BCUT2D eigenvalue weighted by Gasteiger charge is -2.47. The largest absolute Gasteiger partial charge is 0.496 e. The summed E-state index contributed by atoms with van der Waals surface area (Å²) >= 11 is 0. The van der Waals surface area contributed by atoms with Gasteiger partial charge in [0.05, 0.1) is 38.0 Å². The number of Topliss-reactive ketones (excluding diaryl/α,β-unsaturated/α-hetero) is 1. The Balaban J connectivity index is 1.45. The normalized spacial score (nSPS) is 23.3. The van der Waals surface area contributed by atoms with Crippen molar-refractivity contribution in [3.8, 4) is 5.75 Å². The number of piperidine rings is 1. The molecule has 4 rings (SSSR count). The number of benzene rings is 1. The van der Waals surface area contributed by atoms with Crippen LogP contribution in [0.5, 0.6) is 5.75 Å². The predicted octanol–water partition coefficient (Wildman–Crippen LogP) is 3.09. The molecule has 0 saturated carbocycles. The minimum Gasteiger partial charge on any atom is -0.496 e. The monoisotopic (exact) mass is 396 g/mol. The van der Waals surface area contributed by atoms with Crippen molar-refractivity contribution in [2.24, 2.45) is 5.92 Å². The third-order valence-corrected chi connectivity index (χ3v) is 5.57. The van der Waals surface area contributed by atoms with E-state index in [-0.39, 0.29) is 36.5 Å². The summed E-state index contributed by atoms with van der Waals surface area (Å²) in [4.78, 5) is 31.7. The van der Waals surface area contributed by atoms with Gasteiger partial charge in [0.25, 0.3) is 0 Å². The van der Waals surface area contributed by atoms with E-state index in [2.05, 4.69) is 4.98 Å².